The number of thioether (sulfide) groups is 1. The maximum absolute atomic E-state index is 12.7. The molecule has 0 unspecified atom stereocenters. The normalized spacial score (nSPS) is 10.5. The van der Waals surface area contributed by atoms with Gasteiger partial charge in [-0.25, -0.2) is 14.4 Å². The van der Waals surface area contributed by atoms with E-state index in [0.717, 1.165) is 10.6 Å². The largest absolute Gasteiger partial charge is 0.237 e. The second-order valence-corrected chi connectivity index (χ2v) is 4.93. The SMILES string of the molecule is Cc1cc(Cl)nc(CSc2ccc(F)cc2)n1. The average molecular weight is 269 g/mol. The summed E-state index contributed by atoms with van der Waals surface area (Å²) in [6.45, 7) is 1.87. The fourth-order valence-corrected chi connectivity index (χ4v) is 2.34. The average Bonchev–Trinajstić information content (AvgIpc) is 2.27. The first-order valence-corrected chi connectivity index (χ1v) is 6.38. The lowest BCUT2D eigenvalue weighted by Gasteiger charge is -2.02. The smallest absolute Gasteiger partial charge is 0.140 e. The molecule has 0 aliphatic heterocycles. The molecule has 0 N–H and O–H groups in total. The number of hydrogen-bond acceptors (Lipinski definition) is 3. The number of benzene rings is 1. The van der Waals surface area contributed by atoms with Gasteiger partial charge in [-0.3, -0.25) is 0 Å². The summed E-state index contributed by atoms with van der Waals surface area (Å²) in [6.07, 6.45) is 0. The number of hydrogen-bond donors (Lipinski definition) is 0. The van der Waals surface area contributed by atoms with E-state index in [1.165, 1.54) is 12.1 Å². The topological polar surface area (TPSA) is 25.8 Å². The Morgan fingerprint density at radius 2 is 1.94 bits per heavy atom. The van der Waals surface area contributed by atoms with Crippen LogP contribution in [0.4, 0.5) is 4.39 Å². The van der Waals surface area contributed by atoms with Crippen LogP contribution in [-0.4, -0.2) is 9.97 Å². The molecule has 0 radical (unpaired) electrons. The standard InChI is InChI=1S/C12H10ClFN2S/c1-8-6-11(13)16-12(15-8)7-17-10-4-2-9(14)3-5-10/h2-6H,7H2,1H3. The Balaban J connectivity index is 2.04. The number of aryl methyl sites for hydroxylation is 1. The van der Waals surface area contributed by atoms with Gasteiger partial charge in [-0.1, -0.05) is 11.6 Å². The van der Waals surface area contributed by atoms with E-state index < -0.39 is 0 Å². The Kier molecular flexibility index (Phi) is 3.97. The van der Waals surface area contributed by atoms with Gasteiger partial charge in [0, 0.05) is 10.6 Å². The molecule has 0 amide bonds. The van der Waals surface area contributed by atoms with Crippen molar-refractivity contribution in [2.45, 2.75) is 17.6 Å². The molecule has 0 aliphatic rings. The highest BCUT2D eigenvalue weighted by atomic mass is 35.5. The lowest BCUT2D eigenvalue weighted by Crippen LogP contribution is -1.95. The molecule has 0 saturated carbocycles. The fourth-order valence-electron chi connectivity index (χ4n) is 1.33. The van der Waals surface area contributed by atoms with E-state index in [-0.39, 0.29) is 5.82 Å². The van der Waals surface area contributed by atoms with Gasteiger partial charge in [0.15, 0.2) is 0 Å². The number of rotatable bonds is 3. The van der Waals surface area contributed by atoms with E-state index in [9.17, 15) is 4.39 Å². The molecule has 0 atom stereocenters. The summed E-state index contributed by atoms with van der Waals surface area (Å²) in [5.74, 6) is 1.07. The Morgan fingerprint density at radius 1 is 1.24 bits per heavy atom. The zero-order valence-corrected chi connectivity index (χ0v) is 10.7. The van der Waals surface area contributed by atoms with Crippen LogP contribution in [0.5, 0.6) is 0 Å². The molecule has 2 aromatic rings. The minimum atomic E-state index is -0.232. The van der Waals surface area contributed by atoms with Crippen LogP contribution in [0.3, 0.4) is 0 Å². The Bertz CT molecular complexity index is 496. The van der Waals surface area contributed by atoms with Crippen molar-refractivity contribution in [1.29, 1.82) is 0 Å². The Labute approximate surface area is 108 Å². The third kappa shape index (κ3) is 3.68. The molecule has 1 heterocycles. The number of halogens is 2. The van der Waals surface area contributed by atoms with Crippen LogP contribution < -0.4 is 0 Å². The van der Waals surface area contributed by atoms with Crippen LogP contribution in [-0.2, 0) is 5.75 Å². The molecule has 0 saturated heterocycles. The van der Waals surface area contributed by atoms with Gasteiger partial charge in [0.2, 0.25) is 0 Å². The van der Waals surface area contributed by atoms with Crippen molar-refractivity contribution < 1.29 is 4.39 Å². The van der Waals surface area contributed by atoms with Crippen LogP contribution >= 0.6 is 23.4 Å². The quantitative estimate of drug-likeness (QED) is 0.624. The van der Waals surface area contributed by atoms with Crippen LogP contribution in [0.25, 0.3) is 0 Å². The van der Waals surface area contributed by atoms with Crippen molar-refractivity contribution in [1.82, 2.24) is 9.97 Å². The highest BCUT2D eigenvalue weighted by Crippen LogP contribution is 2.22. The maximum Gasteiger partial charge on any atom is 0.140 e. The van der Waals surface area contributed by atoms with Crippen molar-refractivity contribution in [3.8, 4) is 0 Å². The van der Waals surface area contributed by atoms with Crippen molar-refractivity contribution in [3.63, 3.8) is 0 Å². The van der Waals surface area contributed by atoms with Gasteiger partial charge < -0.3 is 0 Å². The van der Waals surface area contributed by atoms with Gasteiger partial charge in [0.05, 0.1) is 5.75 Å². The summed E-state index contributed by atoms with van der Waals surface area (Å²) in [5, 5.41) is 0.451. The molecular formula is C12H10ClFN2S. The molecule has 1 aromatic heterocycles. The summed E-state index contributed by atoms with van der Waals surface area (Å²) in [5.41, 5.74) is 0.847. The van der Waals surface area contributed by atoms with E-state index >= 15 is 0 Å². The molecule has 88 valence electrons. The van der Waals surface area contributed by atoms with E-state index in [1.807, 2.05) is 6.92 Å². The highest BCUT2D eigenvalue weighted by molar-refractivity contribution is 7.98. The third-order valence-electron chi connectivity index (χ3n) is 2.05. The minimum absolute atomic E-state index is 0.232. The molecule has 5 heteroatoms. The van der Waals surface area contributed by atoms with E-state index in [2.05, 4.69) is 9.97 Å². The lowest BCUT2D eigenvalue weighted by atomic mass is 10.4. The van der Waals surface area contributed by atoms with E-state index in [0.29, 0.717) is 16.7 Å². The lowest BCUT2D eigenvalue weighted by molar-refractivity contribution is 0.626. The maximum atomic E-state index is 12.7. The van der Waals surface area contributed by atoms with Crippen LogP contribution in [0, 0.1) is 12.7 Å². The van der Waals surface area contributed by atoms with E-state index in [4.69, 9.17) is 11.6 Å². The molecular weight excluding hydrogens is 259 g/mol. The summed E-state index contributed by atoms with van der Waals surface area (Å²) >= 11 is 7.39. The van der Waals surface area contributed by atoms with Gasteiger partial charge in [0.25, 0.3) is 0 Å². The summed E-state index contributed by atoms with van der Waals surface area (Å²) < 4.78 is 12.7. The second kappa shape index (κ2) is 5.47. The van der Waals surface area contributed by atoms with Gasteiger partial charge in [-0.05, 0) is 37.3 Å². The highest BCUT2D eigenvalue weighted by Gasteiger charge is 2.02. The van der Waals surface area contributed by atoms with Gasteiger partial charge in [-0.15, -0.1) is 11.8 Å². The zero-order valence-electron chi connectivity index (χ0n) is 9.15. The van der Waals surface area contributed by atoms with Crippen molar-refractivity contribution in [2.24, 2.45) is 0 Å². The van der Waals surface area contributed by atoms with Crippen LogP contribution in [0.15, 0.2) is 35.2 Å². The summed E-state index contributed by atoms with van der Waals surface area (Å²) in [7, 11) is 0. The molecule has 0 fully saturated rings. The molecule has 0 bridgehead atoms. The predicted octanol–water partition coefficient (Wildman–Crippen LogP) is 3.87. The second-order valence-electron chi connectivity index (χ2n) is 3.49. The monoisotopic (exact) mass is 268 g/mol. The molecule has 2 nitrogen and oxygen atoms in total. The fraction of sp³-hybridized carbons (Fsp3) is 0.167. The van der Waals surface area contributed by atoms with Crippen molar-refractivity contribution in [2.75, 3.05) is 0 Å². The molecule has 1 aromatic carbocycles. The first-order valence-electron chi connectivity index (χ1n) is 5.02. The molecule has 0 spiro atoms. The third-order valence-corrected chi connectivity index (χ3v) is 3.25. The van der Waals surface area contributed by atoms with Gasteiger partial charge in [0.1, 0.15) is 16.8 Å². The van der Waals surface area contributed by atoms with E-state index in [1.54, 1.807) is 30.0 Å². The molecule has 2 rings (SSSR count). The molecule has 17 heavy (non-hydrogen) atoms. The van der Waals surface area contributed by atoms with Crippen molar-refractivity contribution in [3.05, 3.63) is 52.8 Å². The predicted molar refractivity (Wildman–Crippen MR) is 67.7 cm³/mol. The summed E-state index contributed by atoms with van der Waals surface area (Å²) in [6, 6.07) is 8.06. The Hall–Kier alpha value is -1.13. The van der Waals surface area contributed by atoms with Crippen molar-refractivity contribution >= 4 is 23.4 Å². The number of aromatic nitrogens is 2. The Morgan fingerprint density at radius 3 is 2.59 bits per heavy atom. The molecule has 0 aliphatic carbocycles. The van der Waals surface area contributed by atoms with Crippen LogP contribution in [0.1, 0.15) is 11.5 Å². The zero-order chi connectivity index (χ0) is 12.3. The number of nitrogens with zero attached hydrogens (tertiary/aromatic N) is 2. The van der Waals surface area contributed by atoms with Gasteiger partial charge >= 0.3 is 0 Å². The summed E-state index contributed by atoms with van der Waals surface area (Å²) in [4.78, 5) is 9.38. The first kappa shape index (κ1) is 12.3. The first-order chi connectivity index (χ1) is 8.13. The van der Waals surface area contributed by atoms with Crippen LogP contribution in [0.2, 0.25) is 5.15 Å². The minimum Gasteiger partial charge on any atom is -0.237 e. The van der Waals surface area contributed by atoms with Gasteiger partial charge in [-0.2, -0.15) is 0 Å².